The third-order valence-electron chi connectivity index (χ3n) is 2.50. The van der Waals surface area contributed by atoms with Crippen molar-refractivity contribution in [2.45, 2.75) is 12.8 Å². The SMILES string of the molecule is O=S([O-])CC1CCN(CCO)CC1. The van der Waals surface area contributed by atoms with E-state index in [1.165, 1.54) is 0 Å². The van der Waals surface area contributed by atoms with Gasteiger partial charge in [-0.05, 0) is 31.8 Å². The topological polar surface area (TPSA) is 63.6 Å². The monoisotopic (exact) mass is 206 g/mol. The second kappa shape index (κ2) is 5.70. The Kier molecular flexibility index (Phi) is 4.87. The van der Waals surface area contributed by atoms with Gasteiger partial charge in [0.1, 0.15) is 0 Å². The largest absolute Gasteiger partial charge is 0.772 e. The van der Waals surface area contributed by atoms with Crippen molar-refractivity contribution in [2.75, 3.05) is 32.0 Å². The first-order chi connectivity index (χ1) is 6.22. The molecule has 0 radical (unpaired) electrons. The number of likely N-dealkylation sites (tertiary alicyclic amines) is 1. The molecule has 1 saturated heterocycles. The summed E-state index contributed by atoms with van der Waals surface area (Å²) in [6.07, 6.45) is 1.88. The van der Waals surface area contributed by atoms with E-state index in [4.69, 9.17) is 5.11 Å². The van der Waals surface area contributed by atoms with Gasteiger partial charge in [0.15, 0.2) is 0 Å². The van der Waals surface area contributed by atoms with Crippen molar-refractivity contribution in [1.82, 2.24) is 4.90 Å². The Morgan fingerprint density at radius 3 is 2.54 bits per heavy atom. The number of aliphatic hydroxyl groups is 1. The van der Waals surface area contributed by atoms with E-state index in [2.05, 4.69) is 4.90 Å². The lowest BCUT2D eigenvalue weighted by atomic mass is 9.99. The first kappa shape index (κ1) is 11.1. The van der Waals surface area contributed by atoms with Crippen LogP contribution in [-0.2, 0) is 11.1 Å². The predicted molar refractivity (Wildman–Crippen MR) is 50.0 cm³/mol. The fourth-order valence-corrected chi connectivity index (χ4v) is 2.43. The number of rotatable bonds is 4. The summed E-state index contributed by atoms with van der Waals surface area (Å²) in [5.41, 5.74) is 0. The van der Waals surface area contributed by atoms with Crippen LogP contribution in [0.15, 0.2) is 0 Å². The summed E-state index contributed by atoms with van der Waals surface area (Å²) < 4.78 is 20.8. The summed E-state index contributed by atoms with van der Waals surface area (Å²) in [4.78, 5) is 2.17. The number of β-amino-alcohol motifs (C(OH)–C–C–N with tert-alkyl or cyclic N) is 1. The molecule has 0 bridgehead atoms. The average molecular weight is 206 g/mol. The van der Waals surface area contributed by atoms with E-state index in [9.17, 15) is 8.76 Å². The molecule has 1 atom stereocenters. The fourth-order valence-electron chi connectivity index (χ4n) is 1.71. The van der Waals surface area contributed by atoms with Gasteiger partial charge >= 0.3 is 0 Å². The Labute approximate surface area is 81.2 Å². The zero-order valence-electron chi connectivity index (χ0n) is 7.65. The molecule has 0 aliphatic carbocycles. The van der Waals surface area contributed by atoms with Crippen molar-refractivity contribution in [1.29, 1.82) is 0 Å². The molecule has 0 amide bonds. The second-order valence-corrected chi connectivity index (χ2v) is 4.42. The molecule has 1 aliphatic rings. The maximum absolute atomic E-state index is 10.4. The quantitative estimate of drug-likeness (QED) is 0.634. The van der Waals surface area contributed by atoms with Crippen LogP contribution in [0.5, 0.6) is 0 Å². The molecule has 13 heavy (non-hydrogen) atoms. The molecule has 0 saturated carbocycles. The van der Waals surface area contributed by atoms with Crippen LogP contribution in [-0.4, -0.2) is 50.8 Å². The van der Waals surface area contributed by atoms with E-state index in [1.54, 1.807) is 0 Å². The van der Waals surface area contributed by atoms with Gasteiger partial charge in [-0.25, -0.2) is 0 Å². The molecule has 1 rings (SSSR count). The number of nitrogens with zero attached hydrogens (tertiary/aromatic N) is 1. The summed E-state index contributed by atoms with van der Waals surface area (Å²) in [6, 6.07) is 0. The number of aliphatic hydroxyl groups excluding tert-OH is 1. The molecule has 5 heteroatoms. The van der Waals surface area contributed by atoms with E-state index in [1.807, 2.05) is 0 Å². The van der Waals surface area contributed by atoms with E-state index in [0.717, 1.165) is 25.9 Å². The zero-order chi connectivity index (χ0) is 9.68. The number of hydrogen-bond donors (Lipinski definition) is 1. The van der Waals surface area contributed by atoms with Crippen LogP contribution in [0.1, 0.15) is 12.8 Å². The standard InChI is InChI=1S/C8H17NO3S/c10-6-5-9-3-1-8(2-4-9)7-13(11)12/h8,10H,1-7H2,(H,11,12)/p-1. The van der Waals surface area contributed by atoms with E-state index < -0.39 is 11.1 Å². The Balaban J connectivity index is 2.18. The molecular formula is C8H16NO3S-. The van der Waals surface area contributed by atoms with Crippen molar-refractivity contribution in [3.8, 4) is 0 Å². The van der Waals surface area contributed by atoms with Crippen molar-refractivity contribution in [3.63, 3.8) is 0 Å². The van der Waals surface area contributed by atoms with Crippen LogP contribution in [0.3, 0.4) is 0 Å². The third kappa shape index (κ3) is 4.17. The number of piperidine rings is 1. The summed E-state index contributed by atoms with van der Waals surface area (Å²) in [5.74, 6) is 0.626. The Morgan fingerprint density at radius 1 is 1.46 bits per heavy atom. The van der Waals surface area contributed by atoms with Crippen molar-refractivity contribution in [3.05, 3.63) is 0 Å². The number of hydrogen-bond acceptors (Lipinski definition) is 4. The minimum atomic E-state index is -1.90. The van der Waals surface area contributed by atoms with Gasteiger partial charge in [-0.1, -0.05) is 11.1 Å². The van der Waals surface area contributed by atoms with Gasteiger partial charge in [0.2, 0.25) is 0 Å². The van der Waals surface area contributed by atoms with E-state index in [-0.39, 0.29) is 6.61 Å². The smallest absolute Gasteiger partial charge is 0.0558 e. The van der Waals surface area contributed by atoms with Crippen molar-refractivity contribution in [2.24, 2.45) is 5.92 Å². The highest BCUT2D eigenvalue weighted by Gasteiger charge is 2.18. The van der Waals surface area contributed by atoms with Crippen LogP contribution < -0.4 is 0 Å². The first-order valence-electron chi connectivity index (χ1n) is 4.61. The van der Waals surface area contributed by atoms with Gasteiger partial charge in [0.25, 0.3) is 0 Å². The van der Waals surface area contributed by atoms with Gasteiger partial charge in [0, 0.05) is 12.3 Å². The summed E-state index contributed by atoms with van der Waals surface area (Å²) in [5, 5.41) is 8.69. The van der Waals surface area contributed by atoms with Gasteiger partial charge in [-0.2, -0.15) is 0 Å². The first-order valence-corrected chi connectivity index (χ1v) is 5.86. The Bertz CT molecular complexity index is 169. The highest BCUT2D eigenvalue weighted by atomic mass is 32.2. The van der Waals surface area contributed by atoms with E-state index in [0.29, 0.717) is 18.2 Å². The lowest BCUT2D eigenvalue weighted by molar-refractivity contribution is 0.153. The van der Waals surface area contributed by atoms with Crippen molar-refractivity contribution >= 4 is 11.1 Å². The molecule has 4 nitrogen and oxygen atoms in total. The molecule has 0 aromatic rings. The molecule has 1 unspecified atom stereocenters. The second-order valence-electron chi connectivity index (χ2n) is 3.48. The normalized spacial score (nSPS) is 23.2. The van der Waals surface area contributed by atoms with Crippen LogP contribution >= 0.6 is 0 Å². The molecule has 0 spiro atoms. The van der Waals surface area contributed by atoms with Gasteiger partial charge in [-0.15, -0.1) is 0 Å². The lowest BCUT2D eigenvalue weighted by Gasteiger charge is -2.31. The van der Waals surface area contributed by atoms with Gasteiger partial charge in [-0.3, -0.25) is 4.21 Å². The minimum absolute atomic E-state index is 0.193. The molecule has 1 heterocycles. The lowest BCUT2D eigenvalue weighted by Crippen LogP contribution is -2.36. The van der Waals surface area contributed by atoms with Crippen LogP contribution in [0.2, 0.25) is 0 Å². The predicted octanol–water partition coefficient (Wildman–Crippen LogP) is -0.430. The summed E-state index contributed by atoms with van der Waals surface area (Å²) in [6.45, 7) is 2.75. The molecule has 0 aromatic carbocycles. The van der Waals surface area contributed by atoms with Crippen LogP contribution in [0, 0.1) is 5.92 Å². The summed E-state index contributed by atoms with van der Waals surface area (Å²) in [7, 11) is 0. The zero-order valence-corrected chi connectivity index (χ0v) is 8.46. The highest BCUT2D eigenvalue weighted by molar-refractivity contribution is 7.79. The average Bonchev–Trinajstić information content (AvgIpc) is 2.08. The Hall–Kier alpha value is 0.0300. The summed E-state index contributed by atoms with van der Waals surface area (Å²) >= 11 is -1.90. The van der Waals surface area contributed by atoms with Crippen LogP contribution in [0.25, 0.3) is 0 Å². The maximum Gasteiger partial charge on any atom is 0.0558 e. The maximum atomic E-state index is 10.4. The third-order valence-corrected chi connectivity index (χ3v) is 3.24. The fraction of sp³-hybridized carbons (Fsp3) is 1.00. The van der Waals surface area contributed by atoms with E-state index >= 15 is 0 Å². The minimum Gasteiger partial charge on any atom is -0.772 e. The Morgan fingerprint density at radius 2 is 2.08 bits per heavy atom. The molecule has 1 fully saturated rings. The molecular weight excluding hydrogens is 190 g/mol. The highest BCUT2D eigenvalue weighted by Crippen LogP contribution is 2.17. The molecule has 1 N–H and O–H groups in total. The molecule has 1 aliphatic heterocycles. The molecule has 0 aromatic heterocycles. The van der Waals surface area contributed by atoms with Gasteiger partial charge < -0.3 is 14.6 Å². The van der Waals surface area contributed by atoms with Gasteiger partial charge in [0.05, 0.1) is 6.61 Å². The van der Waals surface area contributed by atoms with Crippen molar-refractivity contribution < 1.29 is 13.9 Å². The van der Waals surface area contributed by atoms with Crippen LogP contribution in [0.4, 0.5) is 0 Å². The molecule has 78 valence electrons.